The number of hydrogen-bond acceptors (Lipinski definition) is 1. The summed E-state index contributed by atoms with van der Waals surface area (Å²) in [5.74, 6) is 0. The molecule has 2 heteroatoms. The van der Waals surface area contributed by atoms with Crippen LogP contribution in [0.2, 0.25) is 5.02 Å². The smallest absolute Gasteiger partial charge is 0.0440 e. The first-order chi connectivity index (χ1) is 10.8. The number of thiophene rings is 1. The number of rotatable bonds is 0. The Bertz CT molecular complexity index is 1180. The van der Waals surface area contributed by atoms with Crippen molar-refractivity contribution in [1.82, 2.24) is 0 Å². The van der Waals surface area contributed by atoms with Crippen molar-refractivity contribution in [2.75, 3.05) is 0 Å². The highest BCUT2D eigenvalue weighted by Crippen LogP contribution is 2.44. The van der Waals surface area contributed by atoms with Crippen molar-refractivity contribution in [1.29, 1.82) is 0 Å². The van der Waals surface area contributed by atoms with E-state index >= 15 is 0 Å². The third kappa shape index (κ3) is 1.58. The Kier molecular flexibility index (Phi) is 2.52. The quantitative estimate of drug-likeness (QED) is 0.269. The van der Waals surface area contributed by atoms with Crippen molar-refractivity contribution < 1.29 is 0 Å². The molecule has 1 aromatic heterocycles. The van der Waals surface area contributed by atoms with E-state index in [1.165, 1.54) is 41.7 Å². The van der Waals surface area contributed by atoms with Gasteiger partial charge in [-0.15, -0.1) is 11.3 Å². The first-order valence-corrected chi connectivity index (χ1v) is 8.43. The Morgan fingerprint density at radius 1 is 0.636 bits per heavy atom. The van der Waals surface area contributed by atoms with Gasteiger partial charge in [-0.3, -0.25) is 0 Å². The van der Waals surface area contributed by atoms with E-state index in [4.69, 9.17) is 11.6 Å². The monoisotopic (exact) mass is 318 g/mol. The summed E-state index contributed by atoms with van der Waals surface area (Å²) in [5.41, 5.74) is 0. The van der Waals surface area contributed by atoms with Crippen molar-refractivity contribution in [3.8, 4) is 0 Å². The summed E-state index contributed by atoms with van der Waals surface area (Å²) in [6, 6.07) is 23.5. The molecule has 0 saturated carbocycles. The second-order valence-electron chi connectivity index (χ2n) is 5.54. The van der Waals surface area contributed by atoms with Gasteiger partial charge in [-0.05, 0) is 34.4 Å². The highest BCUT2D eigenvalue weighted by Gasteiger charge is 2.13. The predicted molar refractivity (Wildman–Crippen MR) is 99.4 cm³/mol. The Labute approximate surface area is 136 Å². The summed E-state index contributed by atoms with van der Waals surface area (Å²) in [4.78, 5) is 0. The number of fused-ring (bicyclic) bond motifs is 8. The van der Waals surface area contributed by atoms with Crippen molar-refractivity contribution in [2.24, 2.45) is 0 Å². The van der Waals surface area contributed by atoms with Crippen molar-refractivity contribution in [2.45, 2.75) is 0 Å². The maximum atomic E-state index is 6.27. The molecule has 5 rings (SSSR count). The van der Waals surface area contributed by atoms with Crippen LogP contribution in [0.25, 0.3) is 41.7 Å². The van der Waals surface area contributed by atoms with Gasteiger partial charge in [0.25, 0.3) is 0 Å². The molecule has 0 fully saturated rings. The zero-order valence-electron chi connectivity index (χ0n) is 11.6. The van der Waals surface area contributed by atoms with E-state index in [2.05, 4.69) is 60.7 Å². The number of hydrogen-bond donors (Lipinski definition) is 0. The first kappa shape index (κ1) is 12.5. The van der Waals surface area contributed by atoms with E-state index < -0.39 is 0 Å². The first-order valence-electron chi connectivity index (χ1n) is 7.24. The summed E-state index contributed by atoms with van der Waals surface area (Å²) >= 11 is 8.13. The lowest BCUT2D eigenvalue weighted by Gasteiger charge is -2.07. The van der Waals surface area contributed by atoms with Gasteiger partial charge in [-0.25, -0.2) is 0 Å². The molecule has 0 aliphatic heterocycles. The van der Waals surface area contributed by atoms with Gasteiger partial charge >= 0.3 is 0 Å². The minimum absolute atomic E-state index is 0.793. The van der Waals surface area contributed by atoms with Crippen LogP contribution in [-0.2, 0) is 0 Å². The standard InChI is InChI=1S/C20H11ClS/c21-12-9-10-14-13-5-1-2-6-15(13)19-16-7-3-4-8-18(16)22-20(19)17(14)11-12/h1-11H. The van der Waals surface area contributed by atoms with Gasteiger partial charge in [0.2, 0.25) is 0 Å². The molecule has 1 heterocycles. The van der Waals surface area contributed by atoms with Gasteiger partial charge in [-0.1, -0.05) is 60.1 Å². The highest BCUT2D eigenvalue weighted by atomic mass is 35.5. The Hall–Kier alpha value is -2.09. The lowest BCUT2D eigenvalue weighted by atomic mass is 9.97. The normalized spacial score (nSPS) is 11.9. The molecule has 22 heavy (non-hydrogen) atoms. The van der Waals surface area contributed by atoms with Crippen molar-refractivity contribution >= 4 is 64.7 Å². The average Bonchev–Trinajstić information content (AvgIpc) is 2.95. The number of halogens is 1. The Balaban J connectivity index is 2.23. The fourth-order valence-corrected chi connectivity index (χ4v) is 4.80. The number of benzene rings is 4. The van der Waals surface area contributed by atoms with Crippen LogP contribution in [0, 0.1) is 0 Å². The van der Waals surface area contributed by atoms with E-state index in [-0.39, 0.29) is 0 Å². The molecule has 0 spiro atoms. The van der Waals surface area contributed by atoms with Gasteiger partial charge in [0.15, 0.2) is 0 Å². The summed E-state index contributed by atoms with van der Waals surface area (Å²) in [7, 11) is 0. The third-order valence-electron chi connectivity index (χ3n) is 4.31. The molecule has 0 radical (unpaired) electrons. The zero-order valence-corrected chi connectivity index (χ0v) is 13.2. The Morgan fingerprint density at radius 3 is 2.18 bits per heavy atom. The van der Waals surface area contributed by atoms with E-state index in [0.29, 0.717) is 0 Å². The maximum Gasteiger partial charge on any atom is 0.0440 e. The lowest BCUT2D eigenvalue weighted by molar-refractivity contribution is 1.80. The molecule has 0 amide bonds. The van der Waals surface area contributed by atoms with Gasteiger partial charge in [0.1, 0.15) is 0 Å². The largest absolute Gasteiger partial charge is 0.135 e. The predicted octanol–water partition coefficient (Wildman–Crippen LogP) is 7.01. The average molecular weight is 319 g/mol. The molecule has 0 N–H and O–H groups in total. The van der Waals surface area contributed by atoms with Gasteiger partial charge in [-0.2, -0.15) is 0 Å². The molecule has 5 aromatic rings. The second kappa shape index (κ2) is 4.45. The fourth-order valence-electron chi connectivity index (χ4n) is 3.38. The fraction of sp³-hybridized carbons (Fsp3) is 0. The molecule has 0 aliphatic carbocycles. The summed E-state index contributed by atoms with van der Waals surface area (Å²) in [5, 5.41) is 8.63. The van der Waals surface area contributed by atoms with Crippen LogP contribution in [0.1, 0.15) is 0 Å². The van der Waals surface area contributed by atoms with E-state index in [9.17, 15) is 0 Å². The highest BCUT2D eigenvalue weighted by molar-refractivity contribution is 7.27. The van der Waals surface area contributed by atoms with E-state index in [0.717, 1.165) is 5.02 Å². The molecule has 0 nitrogen and oxygen atoms in total. The minimum Gasteiger partial charge on any atom is -0.135 e. The van der Waals surface area contributed by atoms with Crippen LogP contribution in [-0.4, -0.2) is 0 Å². The van der Waals surface area contributed by atoms with Crippen molar-refractivity contribution in [3.63, 3.8) is 0 Å². The molecule has 0 aliphatic rings. The molecule has 0 atom stereocenters. The van der Waals surface area contributed by atoms with Gasteiger partial charge in [0, 0.05) is 30.6 Å². The van der Waals surface area contributed by atoms with Crippen LogP contribution in [0.4, 0.5) is 0 Å². The van der Waals surface area contributed by atoms with E-state index in [1.54, 1.807) is 0 Å². The van der Waals surface area contributed by atoms with Crippen LogP contribution in [0.15, 0.2) is 66.7 Å². The molecular weight excluding hydrogens is 308 g/mol. The molecule has 104 valence electrons. The van der Waals surface area contributed by atoms with Crippen LogP contribution < -0.4 is 0 Å². The molecule has 0 bridgehead atoms. The summed E-state index contributed by atoms with van der Waals surface area (Å²) in [6.07, 6.45) is 0. The van der Waals surface area contributed by atoms with E-state index in [1.807, 2.05) is 17.4 Å². The van der Waals surface area contributed by atoms with Crippen LogP contribution in [0.3, 0.4) is 0 Å². The topological polar surface area (TPSA) is 0 Å². The van der Waals surface area contributed by atoms with Crippen LogP contribution >= 0.6 is 22.9 Å². The maximum absolute atomic E-state index is 6.27. The molecule has 0 saturated heterocycles. The van der Waals surface area contributed by atoms with Gasteiger partial charge < -0.3 is 0 Å². The SMILES string of the molecule is Clc1ccc2c3ccccc3c3c4ccccc4sc3c2c1. The molecular formula is C20H11ClS. The lowest BCUT2D eigenvalue weighted by Crippen LogP contribution is -1.80. The third-order valence-corrected chi connectivity index (χ3v) is 5.75. The minimum atomic E-state index is 0.793. The molecule has 4 aromatic carbocycles. The molecule has 0 unspecified atom stereocenters. The second-order valence-corrected chi connectivity index (χ2v) is 7.03. The summed E-state index contributed by atoms with van der Waals surface area (Å²) in [6.45, 7) is 0. The van der Waals surface area contributed by atoms with Crippen LogP contribution in [0.5, 0.6) is 0 Å². The zero-order chi connectivity index (χ0) is 14.7. The summed E-state index contributed by atoms with van der Waals surface area (Å²) < 4.78 is 2.66. The Morgan fingerprint density at radius 2 is 1.32 bits per heavy atom. The van der Waals surface area contributed by atoms with Gasteiger partial charge in [0.05, 0.1) is 0 Å². The van der Waals surface area contributed by atoms with Crippen molar-refractivity contribution in [3.05, 3.63) is 71.8 Å².